The van der Waals surface area contributed by atoms with E-state index in [-0.39, 0.29) is 11.8 Å². The topological polar surface area (TPSA) is 71.9 Å². The molecule has 1 fully saturated rings. The molecule has 6 nitrogen and oxygen atoms in total. The van der Waals surface area contributed by atoms with E-state index in [2.05, 4.69) is 64.3 Å². The maximum atomic E-state index is 13.3. The molecular formula is C27H25N5O. The number of pyridine rings is 2. The minimum atomic E-state index is 0.000684. The molecule has 1 aliphatic heterocycles. The van der Waals surface area contributed by atoms with Crippen LogP contribution < -0.4 is 0 Å². The van der Waals surface area contributed by atoms with E-state index in [0.717, 1.165) is 47.5 Å². The maximum absolute atomic E-state index is 13.3. The summed E-state index contributed by atoms with van der Waals surface area (Å²) in [4.78, 5) is 32.6. The monoisotopic (exact) mass is 435 g/mol. The third kappa shape index (κ3) is 4.65. The zero-order chi connectivity index (χ0) is 22.6. The highest BCUT2D eigenvalue weighted by Gasteiger charge is 2.27. The van der Waals surface area contributed by atoms with Gasteiger partial charge in [0, 0.05) is 66.2 Å². The number of amides is 1. The molecule has 0 saturated carbocycles. The molecule has 0 spiro atoms. The molecule has 1 amide bonds. The first-order chi connectivity index (χ1) is 16.2. The summed E-state index contributed by atoms with van der Waals surface area (Å²) in [6.45, 7) is 3.49. The van der Waals surface area contributed by atoms with Crippen molar-refractivity contribution in [3.63, 3.8) is 0 Å². The van der Waals surface area contributed by atoms with E-state index in [1.165, 1.54) is 11.9 Å². The van der Waals surface area contributed by atoms with Crippen LogP contribution in [0, 0.1) is 6.92 Å². The largest absolute Gasteiger partial charge is 0.338 e. The number of hydrogen-bond donors (Lipinski definition) is 0. The van der Waals surface area contributed by atoms with Crippen molar-refractivity contribution in [2.24, 2.45) is 0 Å². The van der Waals surface area contributed by atoms with Crippen molar-refractivity contribution < 1.29 is 4.79 Å². The van der Waals surface area contributed by atoms with Gasteiger partial charge < -0.3 is 4.90 Å². The molecular weight excluding hydrogens is 410 g/mol. The lowest BCUT2D eigenvalue weighted by atomic mass is 9.93. The number of carbonyl (C=O) groups excluding carboxylic acids is 1. The fourth-order valence-electron chi connectivity index (χ4n) is 4.39. The molecule has 3 aromatic heterocycles. The van der Waals surface area contributed by atoms with Gasteiger partial charge in [0.25, 0.3) is 5.91 Å². The van der Waals surface area contributed by atoms with Crippen LogP contribution in [-0.4, -0.2) is 43.8 Å². The zero-order valence-corrected chi connectivity index (χ0v) is 18.6. The molecule has 1 aromatic carbocycles. The average molecular weight is 436 g/mol. The molecule has 5 rings (SSSR count). The molecule has 0 radical (unpaired) electrons. The second kappa shape index (κ2) is 9.28. The highest BCUT2D eigenvalue weighted by molar-refractivity contribution is 5.95. The van der Waals surface area contributed by atoms with Gasteiger partial charge >= 0.3 is 0 Å². The van der Waals surface area contributed by atoms with Gasteiger partial charge in [0.15, 0.2) is 0 Å². The maximum Gasteiger partial charge on any atom is 0.255 e. The molecule has 1 atom stereocenters. The highest BCUT2D eigenvalue weighted by Crippen LogP contribution is 2.29. The summed E-state index contributed by atoms with van der Waals surface area (Å²) in [6, 6.07) is 16.5. The summed E-state index contributed by atoms with van der Waals surface area (Å²) in [5, 5.41) is 0. The molecule has 1 aliphatic rings. The molecule has 33 heavy (non-hydrogen) atoms. The predicted molar refractivity (Wildman–Crippen MR) is 128 cm³/mol. The third-order valence-electron chi connectivity index (χ3n) is 6.09. The Morgan fingerprint density at radius 2 is 1.73 bits per heavy atom. The fraction of sp³-hybridized carbons (Fsp3) is 0.222. The Morgan fingerprint density at radius 3 is 2.58 bits per heavy atom. The minimum Gasteiger partial charge on any atom is -0.338 e. The highest BCUT2D eigenvalue weighted by atomic mass is 16.2. The Kier molecular flexibility index (Phi) is 5.89. The van der Waals surface area contributed by atoms with Crippen molar-refractivity contribution >= 4 is 5.91 Å². The average Bonchev–Trinajstić information content (AvgIpc) is 2.89. The van der Waals surface area contributed by atoms with Crippen molar-refractivity contribution in [3.8, 4) is 22.4 Å². The number of benzene rings is 1. The van der Waals surface area contributed by atoms with Gasteiger partial charge in [-0.1, -0.05) is 29.8 Å². The molecule has 6 heteroatoms. The molecule has 0 aliphatic carbocycles. The van der Waals surface area contributed by atoms with E-state index in [1.807, 2.05) is 11.0 Å². The van der Waals surface area contributed by atoms with E-state index in [1.54, 1.807) is 24.8 Å². The summed E-state index contributed by atoms with van der Waals surface area (Å²) >= 11 is 0. The quantitative estimate of drug-likeness (QED) is 0.455. The van der Waals surface area contributed by atoms with Crippen LogP contribution in [-0.2, 0) is 0 Å². The minimum absolute atomic E-state index is 0.000684. The summed E-state index contributed by atoms with van der Waals surface area (Å²) in [5.41, 5.74) is 6.61. The van der Waals surface area contributed by atoms with Gasteiger partial charge in [-0.25, -0.2) is 9.97 Å². The molecule has 1 saturated heterocycles. The summed E-state index contributed by atoms with van der Waals surface area (Å²) in [7, 11) is 0. The number of piperidine rings is 1. The van der Waals surface area contributed by atoms with Gasteiger partial charge in [0.05, 0.1) is 11.3 Å². The van der Waals surface area contributed by atoms with Crippen LogP contribution in [0.3, 0.4) is 0 Å². The SMILES string of the molecule is Cc1cccc(-c2cccc(C3CCCN(C(=O)c4cncc(-c5cncnc5)c4)C3)n2)c1. The second-order valence-electron chi connectivity index (χ2n) is 8.50. The first kappa shape index (κ1) is 20.9. The molecule has 4 aromatic rings. The van der Waals surface area contributed by atoms with Crippen molar-refractivity contribution in [1.82, 2.24) is 24.8 Å². The lowest BCUT2D eigenvalue weighted by Gasteiger charge is -2.32. The number of hydrogen-bond acceptors (Lipinski definition) is 5. The molecule has 164 valence electrons. The Bertz CT molecular complexity index is 1270. The first-order valence-electron chi connectivity index (χ1n) is 11.2. The van der Waals surface area contributed by atoms with Gasteiger partial charge in [0.2, 0.25) is 0 Å². The lowest BCUT2D eigenvalue weighted by molar-refractivity contribution is 0.0705. The van der Waals surface area contributed by atoms with E-state index < -0.39 is 0 Å². The van der Waals surface area contributed by atoms with Crippen LogP contribution in [0.5, 0.6) is 0 Å². The van der Waals surface area contributed by atoms with Crippen LogP contribution in [0.15, 0.2) is 79.6 Å². The lowest BCUT2D eigenvalue weighted by Crippen LogP contribution is -2.39. The molecule has 4 heterocycles. The Balaban J connectivity index is 1.35. The Labute approximate surface area is 193 Å². The Morgan fingerprint density at radius 1 is 0.909 bits per heavy atom. The van der Waals surface area contributed by atoms with Crippen LogP contribution in [0.4, 0.5) is 0 Å². The van der Waals surface area contributed by atoms with Crippen LogP contribution >= 0.6 is 0 Å². The van der Waals surface area contributed by atoms with E-state index in [4.69, 9.17) is 4.98 Å². The molecule has 1 unspecified atom stereocenters. The van der Waals surface area contributed by atoms with E-state index in [9.17, 15) is 4.79 Å². The summed E-state index contributed by atoms with van der Waals surface area (Å²) < 4.78 is 0. The van der Waals surface area contributed by atoms with Crippen LogP contribution in [0.25, 0.3) is 22.4 Å². The number of likely N-dealkylation sites (tertiary alicyclic amines) is 1. The summed E-state index contributed by atoms with van der Waals surface area (Å²) in [5.74, 6) is 0.215. The number of aromatic nitrogens is 4. The van der Waals surface area contributed by atoms with Crippen molar-refractivity contribution in [3.05, 3.63) is 96.5 Å². The number of nitrogens with zero attached hydrogens (tertiary/aromatic N) is 5. The third-order valence-corrected chi connectivity index (χ3v) is 6.09. The van der Waals surface area contributed by atoms with Gasteiger partial charge in [-0.05, 0) is 44.0 Å². The van der Waals surface area contributed by atoms with Gasteiger partial charge in [0.1, 0.15) is 6.33 Å². The number of rotatable bonds is 4. The fourth-order valence-corrected chi connectivity index (χ4v) is 4.39. The van der Waals surface area contributed by atoms with Crippen LogP contribution in [0.1, 0.15) is 40.4 Å². The normalized spacial score (nSPS) is 15.9. The second-order valence-corrected chi connectivity index (χ2v) is 8.50. The standard InChI is InChI=1S/C27H25N5O/c1-19-5-2-6-20(11-19)25-8-3-9-26(31-25)21-7-4-10-32(17-21)27(33)23-12-22(13-28-14-23)24-15-29-18-30-16-24/h2-3,5-6,8-9,11-16,18,21H,4,7,10,17H2,1H3. The van der Waals surface area contributed by atoms with Crippen molar-refractivity contribution in [2.75, 3.05) is 13.1 Å². The van der Waals surface area contributed by atoms with Gasteiger partial charge in [-0.3, -0.25) is 14.8 Å². The van der Waals surface area contributed by atoms with Crippen molar-refractivity contribution in [1.29, 1.82) is 0 Å². The van der Waals surface area contributed by atoms with E-state index >= 15 is 0 Å². The number of aryl methyl sites for hydroxylation is 1. The van der Waals surface area contributed by atoms with Crippen molar-refractivity contribution in [2.45, 2.75) is 25.7 Å². The van der Waals surface area contributed by atoms with Gasteiger partial charge in [-0.2, -0.15) is 0 Å². The zero-order valence-electron chi connectivity index (χ0n) is 18.6. The van der Waals surface area contributed by atoms with Gasteiger partial charge in [-0.15, -0.1) is 0 Å². The Hall–Kier alpha value is -3.93. The van der Waals surface area contributed by atoms with Crippen LogP contribution in [0.2, 0.25) is 0 Å². The summed E-state index contributed by atoms with van der Waals surface area (Å²) in [6.07, 6.45) is 10.3. The molecule has 0 bridgehead atoms. The smallest absolute Gasteiger partial charge is 0.255 e. The molecule has 0 N–H and O–H groups in total. The first-order valence-corrected chi connectivity index (χ1v) is 11.2. The van der Waals surface area contributed by atoms with E-state index in [0.29, 0.717) is 12.1 Å². The predicted octanol–water partition coefficient (Wildman–Crippen LogP) is 4.93. The number of carbonyl (C=O) groups is 1.